The number of rotatable bonds is 27. The standard InChI is InChI=1S/C29H57N3O4/c1-25(2)32-26(29(30)36)21-19-20-24-31-27(33)22-17-15-13-11-9-7-5-3-4-6-8-10-12-14-16-18-23-28(34)35/h25-26,32H,3-24H2,1-2H3,(H2,30,36)(H,31,33)(H,34,35). The molecule has 212 valence electrons. The monoisotopic (exact) mass is 511 g/mol. The molecule has 0 aromatic rings. The Bertz CT molecular complexity index is 555. The molecule has 0 heterocycles. The molecular weight excluding hydrogens is 454 g/mol. The van der Waals surface area contributed by atoms with Gasteiger partial charge in [0.2, 0.25) is 11.8 Å². The molecule has 0 aliphatic rings. The molecule has 1 atom stereocenters. The zero-order valence-electron chi connectivity index (χ0n) is 23.5. The SMILES string of the molecule is CC(C)NC(CCCCNC(=O)CCCCCCCCCCCCCCCCCCC(=O)O)C(N)=O. The van der Waals surface area contributed by atoms with Crippen molar-refractivity contribution in [2.75, 3.05) is 6.54 Å². The van der Waals surface area contributed by atoms with Crippen LogP contribution in [0.15, 0.2) is 0 Å². The van der Waals surface area contributed by atoms with Crippen molar-refractivity contribution >= 4 is 17.8 Å². The van der Waals surface area contributed by atoms with E-state index in [9.17, 15) is 14.4 Å². The molecule has 2 amide bonds. The third kappa shape index (κ3) is 25.5. The Morgan fingerprint density at radius 1 is 0.639 bits per heavy atom. The first kappa shape index (κ1) is 34.4. The molecule has 0 saturated carbocycles. The summed E-state index contributed by atoms with van der Waals surface area (Å²) in [6.45, 7) is 4.67. The molecule has 0 spiro atoms. The highest BCUT2D eigenvalue weighted by molar-refractivity contribution is 5.79. The number of aliphatic carboxylic acids is 1. The number of carbonyl (C=O) groups is 3. The minimum atomic E-state index is -0.675. The predicted octanol–water partition coefficient (Wildman–Crippen LogP) is 6.23. The van der Waals surface area contributed by atoms with Crippen molar-refractivity contribution in [1.82, 2.24) is 10.6 Å². The summed E-state index contributed by atoms with van der Waals surface area (Å²) in [7, 11) is 0. The zero-order chi connectivity index (χ0) is 26.9. The predicted molar refractivity (Wildman–Crippen MR) is 149 cm³/mol. The Morgan fingerprint density at radius 2 is 1.06 bits per heavy atom. The molecule has 0 aromatic carbocycles. The van der Waals surface area contributed by atoms with E-state index in [4.69, 9.17) is 10.8 Å². The van der Waals surface area contributed by atoms with Gasteiger partial charge in [0.05, 0.1) is 6.04 Å². The summed E-state index contributed by atoms with van der Waals surface area (Å²) in [4.78, 5) is 33.8. The van der Waals surface area contributed by atoms with Crippen LogP contribution in [0.5, 0.6) is 0 Å². The van der Waals surface area contributed by atoms with Crippen LogP contribution in [0.4, 0.5) is 0 Å². The van der Waals surface area contributed by atoms with Gasteiger partial charge in [-0.2, -0.15) is 0 Å². The highest BCUT2D eigenvalue weighted by atomic mass is 16.4. The maximum atomic E-state index is 12.0. The number of unbranched alkanes of at least 4 members (excludes halogenated alkanes) is 16. The average Bonchev–Trinajstić information content (AvgIpc) is 2.81. The van der Waals surface area contributed by atoms with Crippen molar-refractivity contribution in [3.8, 4) is 0 Å². The molecule has 0 bridgehead atoms. The van der Waals surface area contributed by atoms with E-state index in [1.54, 1.807) is 0 Å². The molecule has 0 saturated heterocycles. The number of hydrogen-bond acceptors (Lipinski definition) is 4. The Kier molecular flexibility index (Phi) is 23.9. The van der Waals surface area contributed by atoms with Crippen LogP contribution in [0.1, 0.15) is 149 Å². The summed E-state index contributed by atoms with van der Waals surface area (Å²) in [5, 5.41) is 14.8. The second-order valence-electron chi connectivity index (χ2n) is 10.7. The third-order valence-corrected chi connectivity index (χ3v) is 6.66. The molecule has 0 aliphatic carbocycles. The number of amides is 2. The Labute approximate surface area is 221 Å². The Balaban J connectivity index is 3.32. The topological polar surface area (TPSA) is 122 Å². The molecule has 36 heavy (non-hydrogen) atoms. The molecule has 1 unspecified atom stereocenters. The Morgan fingerprint density at radius 3 is 1.44 bits per heavy atom. The molecule has 0 rings (SSSR count). The van der Waals surface area contributed by atoms with Crippen LogP contribution in [0.3, 0.4) is 0 Å². The van der Waals surface area contributed by atoms with Gasteiger partial charge in [0.25, 0.3) is 0 Å². The number of carboxylic acid groups (broad SMARTS) is 1. The number of hydrogen-bond donors (Lipinski definition) is 4. The van der Waals surface area contributed by atoms with Crippen molar-refractivity contribution in [1.29, 1.82) is 0 Å². The van der Waals surface area contributed by atoms with Crippen LogP contribution >= 0.6 is 0 Å². The average molecular weight is 512 g/mol. The fourth-order valence-corrected chi connectivity index (χ4v) is 4.54. The van der Waals surface area contributed by atoms with Gasteiger partial charge in [-0.25, -0.2) is 0 Å². The fraction of sp³-hybridized carbons (Fsp3) is 0.897. The first-order valence-electron chi connectivity index (χ1n) is 14.9. The van der Waals surface area contributed by atoms with Gasteiger partial charge in [0.15, 0.2) is 0 Å². The zero-order valence-corrected chi connectivity index (χ0v) is 23.5. The molecule has 0 radical (unpaired) electrons. The van der Waals surface area contributed by atoms with Gasteiger partial charge in [-0.15, -0.1) is 0 Å². The highest BCUT2D eigenvalue weighted by Crippen LogP contribution is 2.14. The van der Waals surface area contributed by atoms with Crippen molar-refractivity contribution in [3.63, 3.8) is 0 Å². The van der Waals surface area contributed by atoms with E-state index < -0.39 is 5.97 Å². The largest absolute Gasteiger partial charge is 0.481 e. The molecule has 7 nitrogen and oxygen atoms in total. The summed E-state index contributed by atoms with van der Waals surface area (Å²) >= 11 is 0. The van der Waals surface area contributed by atoms with Crippen molar-refractivity contribution in [2.45, 2.75) is 161 Å². The number of carboxylic acids is 1. The lowest BCUT2D eigenvalue weighted by molar-refractivity contribution is -0.137. The lowest BCUT2D eigenvalue weighted by Crippen LogP contribution is -2.44. The van der Waals surface area contributed by atoms with E-state index in [0.29, 0.717) is 25.8 Å². The number of carbonyl (C=O) groups excluding carboxylic acids is 2. The smallest absolute Gasteiger partial charge is 0.303 e. The molecule has 0 aromatic heterocycles. The number of nitrogens with two attached hydrogens (primary N) is 1. The van der Waals surface area contributed by atoms with Crippen LogP contribution in [0, 0.1) is 0 Å². The quantitative estimate of drug-likeness (QED) is 0.0974. The second-order valence-corrected chi connectivity index (χ2v) is 10.7. The van der Waals surface area contributed by atoms with E-state index in [-0.39, 0.29) is 23.9 Å². The van der Waals surface area contributed by atoms with Crippen LogP contribution in [0.25, 0.3) is 0 Å². The van der Waals surface area contributed by atoms with E-state index in [0.717, 1.165) is 38.5 Å². The molecule has 0 fully saturated rings. The molecular formula is C29H57N3O4. The number of primary amides is 1. The lowest BCUT2D eigenvalue weighted by atomic mass is 10.0. The minimum absolute atomic E-state index is 0.139. The van der Waals surface area contributed by atoms with E-state index in [1.165, 1.54) is 77.0 Å². The summed E-state index contributed by atoms with van der Waals surface area (Å²) in [6, 6.07) is -0.0604. The second kappa shape index (κ2) is 25.0. The van der Waals surface area contributed by atoms with Gasteiger partial charge in [-0.3, -0.25) is 14.4 Å². The van der Waals surface area contributed by atoms with Gasteiger partial charge in [-0.05, 0) is 32.1 Å². The van der Waals surface area contributed by atoms with Crippen LogP contribution in [-0.2, 0) is 14.4 Å². The van der Waals surface area contributed by atoms with E-state index in [2.05, 4.69) is 10.6 Å². The molecule has 7 heteroatoms. The van der Waals surface area contributed by atoms with Gasteiger partial charge in [-0.1, -0.05) is 104 Å². The van der Waals surface area contributed by atoms with E-state index >= 15 is 0 Å². The maximum Gasteiger partial charge on any atom is 0.303 e. The minimum Gasteiger partial charge on any atom is -0.481 e. The third-order valence-electron chi connectivity index (χ3n) is 6.66. The van der Waals surface area contributed by atoms with E-state index in [1.807, 2.05) is 13.8 Å². The van der Waals surface area contributed by atoms with Crippen LogP contribution in [0.2, 0.25) is 0 Å². The Hall–Kier alpha value is -1.63. The summed E-state index contributed by atoms with van der Waals surface area (Å²) in [5.74, 6) is -0.843. The summed E-state index contributed by atoms with van der Waals surface area (Å²) < 4.78 is 0. The molecule has 0 aliphatic heterocycles. The first-order valence-corrected chi connectivity index (χ1v) is 14.9. The van der Waals surface area contributed by atoms with Crippen molar-refractivity contribution in [2.24, 2.45) is 5.73 Å². The van der Waals surface area contributed by atoms with Gasteiger partial charge in [0.1, 0.15) is 0 Å². The number of nitrogens with one attached hydrogen (secondary N) is 2. The highest BCUT2D eigenvalue weighted by Gasteiger charge is 2.15. The summed E-state index contributed by atoms with van der Waals surface area (Å²) in [5.41, 5.74) is 5.43. The maximum absolute atomic E-state index is 12.0. The van der Waals surface area contributed by atoms with Gasteiger partial charge in [0, 0.05) is 25.4 Å². The fourth-order valence-electron chi connectivity index (χ4n) is 4.54. The molecule has 5 N–H and O–H groups in total. The van der Waals surface area contributed by atoms with Gasteiger partial charge < -0.3 is 21.5 Å². The lowest BCUT2D eigenvalue weighted by Gasteiger charge is -2.18. The normalized spacial score (nSPS) is 12.1. The first-order chi connectivity index (χ1) is 17.3. The summed E-state index contributed by atoms with van der Waals surface area (Å²) in [6.07, 6.45) is 22.9. The van der Waals surface area contributed by atoms with Crippen LogP contribution < -0.4 is 16.4 Å². The van der Waals surface area contributed by atoms with Crippen molar-refractivity contribution in [3.05, 3.63) is 0 Å². The van der Waals surface area contributed by atoms with Crippen molar-refractivity contribution < 1.29 is 19.5 Å². The van der Waals surface area contributed by atoms with Gasteiger partial charge >= 0.3 is 5.97 Å². The van der Waals surface area contributed by atoms with Crippen LogP contribution in [-0.4, -0.2) is 41.5 Å².